The molecule has 0 radical (unpaired) electrons. The van der Waals surface area contributed by atoms with Crippen LogP contribution in [0, 0.1) is 19.8 Å². The summed E-state index contributed by atoms with van der Waals surface area (Å²) in [5.41, 5.74) is 5.17. The number of amides is 1. The van der Waals surface area contributed by atoms with E-state index >= 15 is 0 Å². The van der Waals surface area contributed by atoms with E-state index in [1.54, 1.807) is 0 Å². The van der Waals surface area contributed by atoms with Crippen molar-refractivity contribution in [2.75, 3.05) is 23.3 Å². The van der Waals surface area contributed by atoms with Gasteiger partial charge in [0.2, 0.25) is 5.91 Å². The maximum absolute atomic E-state index is 12.7. The number of aromatic nitrogens is 2. The minimum atomic E-state index is -0.0522. The first-order valence-corrected chi connectivity index (χ1v) is 10.1. The maximum Gasteiger partial charge on any atom is 0.229 e. The number of piperidine rings is 1. The van der Waals surface area contributed by atoms with Crippen molar-refractivity contribution in [3.05, 3.63) is 71.8 Å². The molecule has 2 heterocycles. The number of nitrogens with zero attached hydrogens (tertiary/aromatic N) is 3. The normalized spacial score (nSPS) is 16.5. The summed E-state index contributed by atoms with van der Waals surface area (Å²) in [7, 11) is 0. The van der Waals surface area contributed by atoms with Gasteiger partial charge in [-0.1, -0.05) is 47.5 Å². The molecule has 3 aromatic rings. The van der Waals surface area contributed by atoms with Crippen LogP contribution in [0.3, 0.4) is 0 Å². The lowest BCUT2D eigenvalue weighted by Gasteiger charge is -2.32. The van der Waals surface area contributed by atoms with Crippen molar-refractivity contribution in [2.24, 2.45) is 5.92 Å². The number of anilines is 2. The Labute approximate surface area is 171 Å². The average Bonchev–Trinajstić information content (AvgIpc) is 2.76. The Hall–Kier alpha value is -3.21. The molecule has 1 saturated heterocycles. The monoisotopic (exact) mass is 386 g/mol. The van der Waals surface area contributed by atoms with Crippen LogP contribution in [0.4, 0.5) is 11.5 Å². The highest BCUT2D eigenvalue weighted by Gasteiger charge is 2.26. The van der Waals surface area contributed by atoms with Gasteiger partial charge in [0.05, 0.1) is 11.6 Å². The summed E-state index contributed by atoms with van der Waals surface area (Å²) < 4.78 is 0. The SMILES string of the molecule is Cc1ccc(NC(=O)[C@H]2CCCN(c3ccc(-c4ccc(C)cc4)nn3)C2)cc1. The topological polar surface area (TPSA) is 58.1 Å². The van der Waals surface area contributed by atoms with Crippen LogP contribution in [0.1, 0.15) is 24.0 Å². The fraction of sp³-hybridized carbons (Fsp3) is 0.292. The van der Waals surface area contributed by atoms with Crippen molar-refractivity contribution in [1.29, 1.82) is 0 Å². The number of hydrogen-bond donors (Lipinski definition) is 1. The van der Waals surface area contributed by atoms with E-state index in [1.165, 1.54) is 11.1 Å². The number of benzene rings is 2. The molecule has 5 heteroatoms. The van der Waals surface area contributed by atoms with E-state index in [1.807, 2.05) is 43.3 Å². The molecule has 0 unspecified atom stereocenters. The third-order valence-electron chi connectivity index (χ3n) is 5.43. The van der Waals surface area contributed by atoms with Crippen molar-refractivity contribution >= 4 is 17.4 Å². The summed E-state index contributed by atoms with van der Waals surface area (Å²) in [5, 5.41) is 11.9. The first-order valence-electron chi connectivity index (χ1n) is 10.1. The zero-order chi connectivity index (χ0) is 20.2. The highest BCUT2D eigenvalue weighted by molar-refractivity contribution is 5.93. The van der Waals surface area contributed by atoms with E-state index < -0.39 is 0 Å². The molecule has 4 rings (SSSR count). The van der Waals surface area contributed by atoms with E-state index in [4.69, 9.17) is 0 Å². The smallest absolute Gasteiger partial charge is 0.229 e. The molecule has 1 atom stereocenters. The van der Waals surface area contributed by atoms with Gasteiger partial charge in [-0.2, -0.15) is 0 Å². The summed E-state index contributed by atoms with van der Waals surface area (Å²) in [6, 6.07) is 20.2. The molecule has 1 fully saturated rings. The second kappa shape index (κ2) is 8.43. The lowest BCUT2D eigenvalue weighted by Crippen LogP contribution is -2.41. The maximum atomic E-state index is 12.7. The Morgan fingerprint density at radius 3 is 2.28 bits per heavy atom. The number of nitrogens with one attached hydrogen (secondary N) is 1. The van der Waals surface area contributed by atoms with Gasteiger partial charge in [-0.3, -0.25) is 4.79 Å². The second-order valence-electron chi connectivity index (χ2n) is 7.78. The molecule has 29 heavy (non-hydrogen) atoms. The van der Waals surface area contributed by atoms with E-state index in [0.29, 0.717) is 6.54 Å². The van der Waals surface area contributed by atoms with Crippen LogP contribution < -0.4 is 10.2 Å². The Morgan fingerprint density at radius 1 is 0.931 bits per heavy atom. The quantitative estimate of drug-likeness (QED) is 0.711. The third-order valence-corrected chi connectivity index (χ3v) is 5.43. The van der Waals surface area contributed by atoms with Crippen LogP contribution in [0.5, 0.6) is 0 Å². The number of rotatable bonds is 4. The number of carbonyl (C=O) groups excluding carboxylic acids is 1. The first kappa shape index (κ1) is 19.1. The Balaban J connectivity index is 1.41. The van der Waals surface area contributed by atoms with E-state index in [9.17, 15) is 4.79 Å². The minimum absolute atomic E-state index is 0.0522. The highest BCUT2D eigenvalue weighted by Crippen LogP contribution is 2.24. The van der Waals surface area contributed by atoms with Gasteiger partial charge in [0.15, 0.2) is 5.82 Å². The summed E-state index contributed by atoms with van der Waals surface area (Å²) in [5.74, 6) is 0.847. The first-order chi connectivity index (χ1) is 14.1. The molecule has 0 spiro atoms. The molecule has 5 nitrogen and oxygen atoms in total. The van der Waals surface area contributed by atoms with Gasteiger partial charge in [-0.05, 0) is 51.0 Å². The second-order valence-corrected chi connectivity index (χ2v) is 7.78. The number of hydrogen-bond acceptors (Lipinski definition) is 4. The summed E-state index contributed by atoms with van der Waals surface area (Å²) in [6.07, 6.45) is 1.86. The van der Waals surface area contributed by atoms with Gasteiger partial charge >= 0.3 is 0 Å². The molecule has 148 valence electrons. The fourth-order valence-corrected chi connectivity index (χ4v) is 3.65. The van der Waals surface area contributed by atoms with Crippen LogP contribution in [0.15, 0.2) is 60.7 Å². The van der Waals surface area contributed by atoms with Crippen LogP contribution in [0.25, 0.3) is 11.3 Å². The van der Waals surface area contributed by atoms with Gasteiger partial charge in [0, 0.05) is 24.3 Å². The molecule has 1 amide bonds. The fourth-order valence-electron chi connectivity index (χ4n) is 3.65. The van der Waals surface area contributed by atoms with Crippen LogP contribution in [-0.2, 0) is 4.79 Å². The third kappa shape index (κ3) is 4.62. The van der Waals surface area contributed by atoms with Gasteiger partial charge < -0.3 is 10.2 Å². The Bertz CT molecular complexity index is 965. The molecule has 1 aliphatic rings. The predicted octanol–water partition coefficient (Wildman–Crippen LogP) is 4.62. The van der Waals surface area contributed by atoms with Crippen molar-refractivity contribution in [3.63, 3.8) is 0 Å². The van der Waals surface area contributed by atoms with Gasteiger partial charge in [0.25, 0.3) is 0 Å². The molecule has 1 aliphatic heterocycles. The summed E-state index contributed by atoms with van der Waals surface area (Å²) in [6.45, 7) is 5.67. The van der Waals surface area contributed by atoms with Crippen molar-refractivity contribution < 1.29 is 4.79 Å². The zero-order valence-electron chi connectivity index (χ0n) is 16.9. The standard InChI is InChI=1S/C24H26N4O/c1-17-5-9-19(10-6-17)22-13-14-23(27-26-22)28-15-3-4-20(16-28)24(29)25-21-11-7-18(2)8-12-21/h5-14,20H,3-4,15-16H2,1-2H3,(H,25,29)/t20-/m0/s1. The van der Waals surface area contributed by atoms with E-state index in [0.717, 1.165) is 42.1 Å². The molecule has 1 N–H and O–H groups in total. The molecule has 1 aromatic heterocycles. The van der Waals surface area contributed by atoms with Crippen LogP contribution in [0.2, 0.25) is 0 Å². The highest BCUT2D eigenvalue weighted by atomic mass is 16.1. The molecular formula is C24H26N4O. The van der Waals surface area contributed by atoms with E-state index in [2.05, 4.69) is 51.6 Å². The van der Waals surface area contributed by atoms with Crippen molar-refractivity contribution in [1.82, 2.24) is 10.2 Å². The molecular weight excluding hydrogens is 360 g/mol. The van der Waals surface area contributed by atoms with Crippen LogP contribution in [-0.4, -0.2) is 29.2 Å². The van der Waals surface area contributed by atoms with E-state index in [-0.39, 0.29) is 11.8 Å². The van der Waals surface area contributed by atoms with Crippen molar-refractivity contribution in [2.45, 2.75) is 26.7 Å². The Morgan fingerprint density at radius 2 is 1.62 bits per heavy atom. The average molecular weight is 386 g/mol. The van der Waals surface area contributed by atoms with Crippen molar-refractivity contribution in [3.8, 4) is 11.3 Å². The minimum Gasteiger partial charge on any atom is -0.354 e. The zero-order valence-corrected chi connectivity index (χ0v) is 16.9. The van der Waals surface area contributed by atoms with Crippen LogP contribution >= 0.6 is 0 Å². The Kier molecular flexibility index (Phi) is 5.56. The van der Waals surface area contributed by atoms with Gasteiger partial charge in [-0.25, -0.2) is 0 Å². The number of aryl methyl sites for hydroxylation is 2. The lowest BCUT2D eigenvalue weighted by molar-refractivity contribution is -0.120. The molecule has 2 aromatic carbocycles. The van der Waals surface area contributed by atoms with Gasteiger partial charge in [-0.15, -0.1) is 10.2 Å². The molecule has 0 bridgehead atoms. The largest absolute Gasteiger partial charge is 0.354 e. The van der Waals surface area contributed by atoms with Gasteiger partial charge in [0.1, 0.15) is 0 Å². The summed E-state index contributed by atoms with van der Waals surface area (Å²) >= 11 is 0. The molecule has 0 aliphatic carbocycles. The predicted molar refractivity (Wildman–Crippen MR) is 117 cm³/mol. The number of carbonyl (C=O) groups is 1. The summed E-state index contributed by atoms with van der Waals surface area (Å²) in [4.78, 5) is 14.9. The lowest BCUT2D eigenvalue weighted by atomic mass is 9.97. The molecule has 0 saturated carbocycles.